The third-order valence-corrected chi connectivity index (χ3v) is 2.92. The summed E-state index contributed by atoms with van der Waals surface area (Å²) in [5.74, 6) is 1.38. The molecule has 23 heavy (non-hydrogen) atoms. The minimum absolute atomic E-state index is 0.225. The van der Waals surface area contributed by atoms with Crippen LogP contribution in [0.1, 0.15) is 21.9 Å². The van der Waals surface area contributed by atoms with Gasteiger partial charge >= 0.3 is 0 Å². The number of hydrogen-bond acceptors (Lipinski definition) is 7. The molecule has 0 spiro atoms. The summed E-state index contributed by atoms with van der Waals surface area (Å²) in [5, 5.41) is 9.46. The Labute approximate surface area is 132 Å². The zero-order chi connectivity index (χ0) is 16.1. The molecule has 0 radical (unpaired) electrons. The maximum absolute atomic E-state index is 12.0. The second-order valence-corrected chi connectivity index (χ2v) is 4.74. The molecule has 0 aliphatic carbocycles. The normalized spacial score (nSPS) is 10.3. The number of carbonyl (C=O) groups is 1. The van der Waals surface area contributed by atoms with Crippen LogP contribution < -0.4 is 10.6 Å². The molecular weight excluding hydrogens is 296 g/mol. The first-order valence-electron chi connectivity index (χ1n) is 6.91. The van der Waals surface area contributed by atoms with Gasteiger partial charge in [-0.25, -0.2) is 9.97 Å². The fourth-order valence-corrected chi connectivity index (χ4v) is 1.83. The Bertz CT molecular complexity index is 785. The lowest BCUT2D eigenvalue weighted by molar-refractivity contribution is 0.0945. The smallest absolute Gasteiger partial charge is 0.271 e. The third-order valence-electron chi connectivity index (χ3n) is 2.92. The van der Waals surface area contributed by atoms with Gasteiger partial charge in [-0.1, -0.05) is 11.2 Å². The van der Waals surface area contributed by atoms with Gasteiger partial charge in [0.15, 0.2) is 5.82 Å². The minimum Gasteiger partial charge on any atom is -0.360 e. The van der Waals surface area contributed by atoms with Gasteiger partial charge in [0, 0.05) is 12.3 Å². The van der Waals surface area contributed by atoms with Crippen molar-refractivity contribution in [2.24, 2.45) is 0 Å². The number of aryl methyl sites for hydroxylation is 1. The van der Waals surface area contributed by atoms with Gasteiger partial charge in [-0.2, -0.15) is 0 Å². The molecule has 3 aromatic heterocycles. The summed E-state index contributed by atoms with van der Waals surface area (Å²) in [6.07, 6.45) is 4.52. The molecule has 3 heterocycles. The molecule has 3 aromatic rings. The van der Waals surface area contributed by atoms with Crippen molar-refractivity contribution < 1.29 is 9.32 Å². The molecule has 2 N–H and O–H groups in total. The number of nitrogens with zero attached hydrogens (tertiary/aromatic N) is 4. The van der Waals surface area contributed by atoms with Gasteiger partial charge < -0.3 is 15.2 Å². The van der Waals surface area contributed by atoms with Gasteiger partial charge in [-0.3, -0.25) is 9.78 Å². The molecule has 116 valence electrons. The Balaban J connectivity index is 1.59. The van der Waals surface area contributed by atoms with E-state index in [9.17, 15) is 4.79 Å². The average molecular weight is 310 g/mol. The van der Waals surface area contributed by atoms with E-state index in [0.29, 0.717) is 23.9 Å². The number of anilines is 2. The van der Waals surface area contributed by atoms with Crippen LogP contribution in [-0.4, -0.2) is 26.0 Å². The lowest BCUT2D eigenvalue weighted by Gasteiger charge is -2.05. The van der Waals surface area contributed by atoms with Crippen molar-refractivity contribution in [3.05, 3.63) is 60.0 Å². The largest absolute Gasteiger partial charge is 0.360 e. The molecule has 8 heteroatoms. The molecular formula is C15H14N6O2. The second-order valence-electron chi connectivity index (χ2n) is 4.74. The fraction of sp³-hybridized carbons (Fsp3) is 0.133. The number of aromatic nitrogens is 4. The Morgan fingerprint density at radius 3 is 2.74 bits per heavy atom. The van der Waals surface area contributed by atoms with Crippen LogP contribution in [0.15, 0.2) is 47.4 Å². The molecule has 0 saturated carbocycles. The molecule has 0 aliphatic rings. The van der Waals surface area contributed by atoms with Crippen LogP contribution >= 0.6 is 0 Å². The Kier molecular flexibility index (Phi) is 4.23. The summed E-state index contributed by atoms with van der Waals surface area (Å²) in [6.45, 7) is 2.12. The van der Waals surface area contributed by atoms with Gasteiger partial charge in [0.25, 0.3) is 5.91 Å². The first-order chi connectivity index (χ1) is 11.2. The highest BCUT2D eigenvalue weighted by molar-refractivity contribution is 5.91. The van der Waals surface area contributed by atoms with Crippen LogP contribution in [0.5, 0.6) is 0 Å². The molecule has 0 bridgehead atoms. The van der Waals surface area contributed by atoms with Crippen molar-refractivity contribution in [2.45, 2.75) is 13.5 Å². The van der Waals surface area contributed by atoms with Crippen LogP contribution in [0.25, 0.3) is 0 Å². The third kappa shape index (κ3) is 3.88. The summed E-state index contributed by atoms with van der Waals surface area (Å²) in [6, 6.07) is 7.24. The van der Waals surface area contributed by atoms with Crippen LogP contribution in [0.3, 0.4) is 0 Å². The van der Waals surface area contributed by atoms with Gasteiger partial charge in [-0.05, 0) is 19.1 Å². The Morgan fingerprint density at radius 1 is 1.17 bits per heavy atom. The first kappa shape index (κ1) is 14.6. The SMILES string of the molecule is Cc1cc(Nc2cnc(C(=O)NCc3ccccn3)cn2)no1. The summed E-state index contributed by atoms with van der Waals surface area (Å²) in [7, 11) is 0. The molecule has 0 fully saturated rings. The van der Waals surface area contributed by atoms with Crippen molar-refractivity contribution in [2.75, 3.05) is 5.32 Å². The van der Waals surface area contributed by atoms with E-state index in [-0.39, 0.29) is 11.6 Å². The van der Waals surface area contributed by atoms with Gasteiger partial charge in [0.2, 0.25) is 0 Å². The van der Waals surface area contributed by atoms with E-state index in [1.54, 1.807) is 19.2 Å². The number of carbonyl (C=O) groups excluding carboxylic acids is 1. The summed E-state index contributed by atoms with van der Waals surface area (Å²) in [4.78, 5) is 24.3. The monoisotopic (exact) mass is 310 g/mol. The van der Waals surface area contributed by atoms with E-state index in [2.05, 4.69) is 30.7 Å². The maximum atomic E-state index is 12.0. The molecule has 1 amide bonds. The highest BCUT2D eigenvalue weighted by Crippen LogP contribution is 2.13. The van der Waals surface area contributed by atoms with Gasteiger partial charge in [-0.15, -0.1) is 0 Å². The van der Waals surface area contributed by atoms with Crippen LogP contribution in [0, 0.1) is 6.92 Å². The average Bonchev–Trinajstić information content (AvgIpc) is 2.99. The summed E-state index contributed by atoms with van der Waals surface area (Å²) < 4.78 is 4.94. The standard InChI is InChI=1S/C15H14N6O2/c1-10-6-13(21-23-10)20-14-9-17-12(8-18-14)15(22)19-7-11-4-2-3-5-16-11/h2-6,8-9H,7H2,1H3,(H,19,22)(H,18,20,21). The summed E-state index contributed by atoms with van der Waals surface area (Å²) in [5.41, 5.74) is 0.997. The van der Waals surface area contributed by atoms with Crippen LogP contribution in [-0.2, 0) is 6.54 Å². The topological polar surface area (TPSA) is 106 Å². The number of rotatable bonds is 5. The zero-order valence-electron chi connectivity index (χ0n) is 12.4. The number of hydrogen-bond donors (Lipinski definition) is 2. The number of nitrogens with one attached hydrogen (secondary N) is 2. The molecule has 0 aromatic carbocycles. The lowest BCUT2D eigenvalue weighted by atomic mass is 10.3. The van der Waals surface area contributed by atoms with Crippen molar-refractivity contribution in [1.82, 2.24) is 25.4 Å². The van der Waals surface area contributed by atoms with E-state index in [1.807, 2.05) is 18.2 Å². The minimum atomic E-state index is -0.313. The lowest BCUT2D eigenvalue weighted by Crippen LogP contribution is -2.24. The molecule has 8 nitrogen and oxygen atoms in total. The first-order valence-corrected chi connectivity index (χ1v) is 6.91. The highest BCUT2D eigenvalue weighted by atomic mass is 16.5. The quantitative estimate of drug-likeness (QED) is 0.740. The van der Waals surface area contributed by atoms with E-state index >= 15 is 0 Å². The molecule has 0 atom stereocenters. The van der Waals surface area contributed by atoms with Gasteiger partial charge in [0.1, 0.15) is 17.3 Å². The highest BCUT2D eigenvalue weighted by Gasteiger charge is 2.09. The number of amides is 1. The van der Waals surface area contributed by atoms with Crippen molar-refractivity contribution >= 4 is 17.5 Å². The second kappa shape index (κ2) is 6.65. The van der Waals surface area contributed by atoms with Crippen LogP contribution in [0.4, 0.5) is 11.6 Å². The predicted molar refractivity (Wildman–Crippen MR) is 82.0 cm³/mol. The molecule has 0 unspecified atom stereocenters. The maximum Gasteiger partial charge on any atom is 0.271 e. The van der Waals surface area contributed by atoms with Gasteiger partial charge in [0.05, 0.1) is 24.6 Å². The number of pyridine rings is 1. The predicted octanol–water partition coefficient (Wildman–Crippen LogP) is 1.84. The fourth-order valence-electron chi connectivity index (χ4n) is 1.83. The van der Waals surface area contributed by atoms with Crippen molar-refractivity contribution in [3.63, 3.8) is 0 Å². The van der Waals surface area contributed by atoms with E-state index in [1.165, 1.54) is 12.4 Å². The zero-order valence-corrected chi connectivity index (χ0v) is 12.4. The van der Waals surface area contributed by atoms with E-state index in [0.717, 1.165) is 5.69 Å². The van der Waals surface area contributed by atoms with E-state index in [4.69, 9.17) is 4.52 Å². The molecule has 0 saturated heterocycles. The summed E-state index contributed by atoms with van der Waals surface area (Å²) >= 11 is 0. The molecule has 3 rings (SSSR count). The Hall–Kier alpha value is -3.29. The van der Waals surface area contributed by atoms with Crippen LogP contribution in [0.2, 0.25) is 0 Å². The van der Waals surface area contributed by atoms with Crippen molar-refractivity contribution in [1.29, 1.82) is 0 Å². The molecule has 0 aliphatic heterocycles. The van der Waals surface area contributed by atoms with E-state index < -0.39 is 0 Å². The van der Waals surface area contributed by atoms with Crippen molar-refractivity contribution in [3.8, 4) is 0 Å². The Morgan fingerprint density at radius 2 is 2.09 bits per heavy atom.